The van der Waals surface area contributed by atoms with E-state index in [2.05, 4.69) is 13.8 Å². The number of quaternary nitrogens is 1. The van der Waals surface area contributed by atoms with Gasteiger partial charge in [0, 0.05) is 6.61 Å². The summed E-state index contributed by atoms with van der Waals surface area (Å²) in [7, 11) is 2.04. The predicted octanol–water partition coefficient (Wildman–Crippen LogP) is 8.87. The molecule has 40 heavy (non-hydrogen) atoms. The van der Waals surface area contributed by atoms with Crippen molar-refractivity contribution in [1.29, 1.82) is 0 Å². The van der Waals surface area contributed by atoms with E-state index in [1.54, 1.807) is 6.92 Å². The maximum absolute atomic E-state index is 12.9. The number of unbranched alkanes of at least 4 members (excludes halogenated alkanes) is 15. The van der Waals surface area contributed by atoms with Crippen molar-refractivity contribution >= 4 is 13.6 Å². The summed E-state index contributed by atoms with van der Waals surface area (Å²) < 4.78 is 29.5. The fourth-order valence-electron chi connectivity index (χ4n) is 4.90. The van der Waals surface area contributed by atoms with Crippen LogP contribution in [-0.2, 0) is 23.4 Å². The number of carbonyl (C=O) groups excluding carboxylic acids is 1. The van der Waals surface area contributed by atoms with Crippen LogP contribution in [-0.4, -0.2) is 68.7 Å². The largest absolute Gasteiger partial charge is 0.435 e. The SMILES string of the molecule is CCCCCCCCCCCCCCCCCCC(CCC)C(=O)OC(CP(=O)(O)OCC[N+](C)(C)C)OCC. The van der Waals surface area contributed by atoms with Gasteiger partial charge in [0.15, 0.2) is 0 Å². The first-order valence-electron chi connectivity index (χ1n) is 16.6. The van der Waals surface area contributed by atoms with E-state index in [0.717, 1.165) is 32.1 Å². The zero-order valence-corrected chi connectivity index (χ0v) is 28.2. The highest BCUT2D eigenvalue weighted by Gasteiger charge is 2.31. The van der Waals surface area contributed by atoms with E-state index in [-0.39, 0.29) is 31.3 Å². The highest BCUT2D eigenvalue weighted by atomic mass is 31.2. The molecule has 0 saturated heterocycles. The number of esters is 1. The molecule has 0 aromatic heterocycles. The number of hydrogen-bond donors (Lipinski definition) is 1. The Balaban J connectivity index is 4.14. The third-order valence-corrected chi connectivity index (χ3v) is 8.76. The lowest BCUT2D eigenvalue weighted by atomic mass is 9.96. The zero-order chi connectivity index (χ0) is 30.1. The Labute approximate surface area is 248 Å². The third-order valence-electron chi connectivity index (χ3n) is 7.41. The standard InChI is InChI=1S/C32H66NO6P/c1-7-10-11-12-13-14-15-16-17-18-19-20-21-22-23-24-26-30(25-8-2)32(34)39-31(37-9-3)29-40(35,36)38-28-27-33(4,5)6/h30-31H,7-29H2,1-6H3/p+1. The van der Waals surface area contributed by atoms with Crippen molar-refractivity contribution in [3.63, 3.8) is 0 Å². The summed E-state index contributed by atoms with van der Waals surface area (Å²) in [4.78, 5) is 23.2. The van der Waals surface area contributed by atoms with E-state index >= 15 is 0 Å². The zero-order valence-electron chi connectivity index (χ0n) is 27.3. The van der Waals surface area contributed by atoms with Crippen molar-refractivity contribution in [2.45, 2.75) is 149 Å². The van der Waals surface area contributed by atoms with Gasteiger partial charge in [-0.2, -0.15) is 0 Å². The van der Waals surface area contributed by atoms with Crippen molar-refractivity contribution in [3.8, 4) is 0 Å². The van der Waals surface area contributed by atoms with E-state index in [9.17, 15) is 14.3 Å². The lowest BCUT2D eigenvalue weighted by Crippen LogP contribution is -2.37. The van der Waals surface area contributed by atoms with Crippen LogP contribution in [0.5, 0.6) is 0 Å². The van der Waals surface area contributed by atoms with E-state index in [0.29, 0.717) is 11.0 Å². The molecule has 0 radical (unpaired) electrons. The lowest BCUT2D eigenvalue weighted by Gasteiger charge is -2.25. The molecule has 0 fully saturated rings. The molecular formula is C32H67NO6P+. The second-order valence-corrected chi connectivity index (χ2v) is 14.5. The Bertz CT molecular complexity index is 639. The van der Waals surface area contributed by atoms with E-state index in [1.807, 2.05) is 21.1 Å². The minimum absolute atomic E-state index is 0.155. The lowest BCUT2D eigenvalue weighted by molar-refractivity contribution is -0.870. The molecule has 0 heterocycles. The molecule has 7 nitrogen and oxygen atoms in total. The molecule has 8 heteroatoms. The Morgan fingerprint density at radius 1 is 0.725 bits per heavy atom. The molecule has 0 aliphatic carbocycles. The van der Waals surface area contributed by atoms with Gasteiger partial charge in [0.05, 0.1) is 27.1 Å². The monoisotopic (exact) mass is 592 g/mol. The number of ether oxygens (including phenoxy) is 2. The molecule has 0 bridgehead atoms. The van der Waals surface area contributed by atoms with Gasteiger partial charge in [-0.1, -0.05) is 123 Å². The quantitative estimate of drug-likeness (QED) is 0.0307. The highest BCUT2D eigenvalue weighted by molar-refractivity contribution is 7.52. The molecular weight excluding hydrogens is 525 g/mol. The van der Waals surface area contributed by atoms with Crippen LogP contribution >= 0.6 is 7.60 Å². The van der Waals surface area contributed by atoms with Crippen LogP contribution < -0.4 is 0 Å². The van der Waals surface area contributed by atoms with Crippen LogP contribution in [0.25, 0.3) is 0 Å². The second-order valence-electron chi connectivity index (χ2n) is 12.6. The molecule has 0 aliphatic rings. The Hall–Kier alpha value is -0.460. The minimum Gasteiger partial charge on any atom is -0.435 e. The number of nitrogens with zero attached hydrogens (tertiary/aromatic N) is 1. The number of carbonyl (C=O) groups is 1. The van der Waals surface area contributed by atoms with Crippen LogP contribution in [0.1, 0.15) is 143 Å². The number of hydrogen-bond acceptors (Lipinski definition) is 5. The maximum atomic E-state index is 12.9. The van der Waals surface area contributed by atoms with Crippen molar-refractivity contribution in [2.24, 2.45) is 5.92 Å². The van der Waals surface area contributed by atoms with Gasteiger partial charge in [0.25, 0.3) is 0 Å². The van der Waals surface area contributed by atoms with Gasteiger partial charge in [0.1, 0.15) is 19.3 Å². The van der Waals surface area contributed by atoms with Gasteiger partial charge in [-0.05, 0) is 19.8 Å². The first kappa shape index (κ1) is 39.5. The summed E-state index contributed by atoms with van der Waals surface area (Å²) in [6, 6.07) is 0. The summed E-state index contributed by atoms with van der Waals surface area (Å²) in [6.07, 6.45) is 22.2. The van der Waals surface area contributed by atoms with E-state index in [1.165, 1.54) is 89.9 Å². The van der Waals surface area contributed by atoms with Crippen LogP contribution in [0.15, 0.2) is 0 Å². The molecule has 0 amide bonds. The molecule has 3 atom stereocenters. The molecule has 240 valence electrons. The Kier molecular flexibility index (Phi) is 24.8. The van der Waals surface area contributed by atoms with Crippen LogP contribution in [0.4, 0.5) is 0 Å². The molecule has 0 aliphatic heterocycles. The molecule has 1 N–H and O–H groups in total. The fourth-order valence-corrected chi connectivity index (χ4v) is 5.93. The fraction of sp³-hybridized carbons (Fsp3) is 0.969. The Morgan fingerprint density at radius 2 is 1.20 bits per heavy atom. The molecule has 0 rings (SSSR count). The van der Waals surface area contributed by atoms with Crippen molar-refractivity contribution in [1.82, 2.24) is 0 Å². The minimum atomic E-state index is -3.93. The average molecular weight is 593 g/mol. The topological polar surface area (TPSA) is 82.1 Å². The first-order valence-corrected chi connectivity index (χ1v) is 18.4. The van der Waals surface area contributed by atoms with Gasteiger partial charge >= 0.3 is 13.6 Å². The average Bonchev–Trinajstić information content (AvgIpc) is 2.86. The molecule has 0 aromatic carbocycles. The van der Waals surface area contributed by atoms with Crippen molar-refractivity contribution in [2.75, 3.05) is 47.1 Å². The molecule has 0 aromatic rings. The van der Waals surface area contributed by atoms with Gasteiger partial charge in [-0.15, -0.1) is 0 Å². The predicted molar refractivity (Wildman–Crippen MR) is 168 cm³/mol. The van der Waals surface area contributed by atoms with Crippen LogP contribution in [0.3, 0.4) is 0 Å². The smallest absolute Gasteiger partial charge is 0.334 e. The molecule has 3 unspecified atom stereocenters. The van der Waals surface area contributed by atoms with E-state index in [4.69, 9.17) is 14.0 Å². The summed E-state index contributed by atoms with van der Waals surface area (Å²) in [5.41, 5.74) is 0. The van der Waals surface area contributed by atoms with E-state index < -0.39 is 13.9 Å². The maximum Gasteiger partial charge on any atom is 0.334 e. The molecule has 0 saturated carbocycles. The summed E-state index contributed by atoms with van der Waals surface area (Å²) in [5, 5.41) is 0. The van der Waals surface area contributed by atoms with Crippen LogP contribution in [0, 0.1) is 5.92 Å². The van der Waals surface area contributed by atoms with Crippen LogP contribution in [0.2, 0.25) is 0 Å². The summed E-state index contributed by atoms with van der Waals surface area (Å²) >= 11 is 0. The highest BCUT2D eigenvalue weighted by Crippen LogP contribution is 2.43. The van der Waals surface area contributed by atoms with Crippen molar-refractivity contribution in [3.05, 3.63) is 0 Å². The van der Waals surface area contributed by atoms with Gasteiger partial charge in [0.2, 0.25) is 6.29 Å². The first-order chi connectivity index (χ1) is 19.0. The number of likely N-dealkylation sites (N-methyl/N-ethyl adjacent to an activating group) is 1. The number of rotatable bonds is 29. The second kappa shape index (κ2) is 25.1. The summed E-state index contributed by atoms with van der Waals surface area (Å²) in [6.45, 7) is 7.16. The van der Waals surface area contributed by atoms with Crippen molar-refractivity contribution < 1.29 is 32.7 Å². The Morgan fingerprint density at radius 3 is 1.62 bits per heavy atom. The normalized spacial score (nSPS) is 15.1. The third kappa shape index (κ3) is 25.3. The van der Waals surface area contributed by atoms with Gasteiger partial charge in [-0.25, -0.2) is 0 Å². The summed E-state index contributed by atoms with van der Waals surface area (Å²) in [5.74, 6) is -0.524. The van der Waals surface area contributed by atoms with Gasteiger partial charge < -0.3 is 23.4 Å². The van der Waals surface area contributed by atoms with Gasteiger partial charge in [-0.3, -0.25) is 9.36 Å². The molecule has 0 spiro atoms.